The molecule has 8 heteroatoms. The lowest BCUT2D eigenvalue weighted by atomic mass is 10.0. The summed E-state index contributed by atoms with van der Waals surface area (Å²) in [4.78, 5) is 28.3. The van der Waals surface area contributed by atoms with E-state index in [9.17, 15) is 20.0 Å². The molecule has 0 aromatic heterocycles. The van der Waals surface area contributed by atoms with Crippen LogP contribution < -0.4 is 9.80 Å². The summed E-state index contributed by atoms with van der Waals surface area (Å²) in [5.74, 6) is 0.0490. The third-order valence-corrected chi connectivity index (χ3v) is 5.99. The molecule has 2 heterocycles. The van der Waals surface area contributed by atoms with Gasteiger partial charge in [-0.25, -0.2) is 0 Å². The molecule has 1 N–H and O–H groups in total. The number of non-ortho nitro benzene ring substituents is 1. The van der Waals surface area contributed by atoms with Gasteiger partial charge in [-0.1, -0.05) is 12.1 Å². The molecule has 1 saturated heterocycles. The smallest absolute Gasteiger partial charge is 0.269 e. The number of nitro groups is 1. The Kier molecular flexibility index (Phi) is 5.69. The molecule has 1 fully saturated rings. The number of aliphatic hydroxyl groups is 1. The van der Waals surface area contributed by atoms with Crippen LogP contribution in [0.15, 0.2) is 42.5 Å². The minimum Gasteiger partial charge on any atom is -0.387 e. The fourth-order valence-electron chi connectivity index (χ4n) is 4.28. The number of benzene rings is 2. The van der Waals surface area contributed by atoms with E-state index in [4.69, 9.17) is 0 Å². The van der Waals surface area contributed by atoms with Crippen LogP contribution in [-0.4, -0.2) is 60.1 Å². The van der Waals surface area contributed by atoms with Crippen molar-refractivity contribution >= 4 is 23.0 Å². The van der Waals surface area contributed by atoms with Crippen LogP contribution in [0.1, 0.15) is 24.2 Å². The number of hydrogen-bond donors (Lipinski definition) is 1. The molecular formula is C22H26N4O4. The number of amides is 1. The van der Waals surface area contributed by atoms with E-state index in [1.807, 2.05) is 18.2 Å². The number of anilines is 2. The normalized spacial score (nSPS) is 17.7. The number of piperazine rings is 1. The zero-order chi connectivity index (χ0) is 21.3. The van der Waals surface area contributed by atoms with Gasteiger partial charge >= 0.3 is 0 Å². The second-order valence-corrected chi connectivity index (χ2v) is 7.89. The SMILES string of the molecule is CC(=O)N1CCc2cc([C@@H](O)CN3CCN(c4ccc([N+](=O)[O-])cc4)CC3)ccc21. The number of aliphatic hydroxyl groups excluding tert-OH is 1. The van der Waals surface area contributed by atoms with Gasteiger partial charge in [-0.3, -0.25) is 19.8 Å². The molecule has 158 valence electrons. The maximum atomic E-state index is 11.7. The average molecular weight is 410 g/mol. The Hall–Kier alpha value is -2.97. The Morgan fingerprint density at radius 1 is 1.10 bits per heavy atom. The number of β-amino-alcohol motifs (C(OH)–C–C–N with tert-alkyl or cyclic N) is 1. The van der Waals surface area contributed by atoms with E-state index in [-0.39, 0.29) is 16.5 Å². The molecule has 30 heavy (non-hydrogen) atoms. The largest absolute Gasteiger partial charge is 0.387 e. The zero-order valence-electron chi connectivity index (χ0n) is 17.0. The van der Waals surface area contributed by atoms with Crippen molar-refractivity contribution < 1.29 is 14.8 Å². The third kappa shape index (κ3) is 4.15. The Morgan fingerprint density at radius 3 is 2.43 bits per heavy atom. The molecule has 1 amide bonds. The van der Waals surface area contributed by atoms with Gasteiger partial charge in [0.05, 0.1) is 11.0 Å². The summed E-state index contributed by atoms with van der Waals surface area (Å²) in [6.45, 7) is 6.09. The van der Waals surface area contributed by atoms with E-state index >= 15 is 0 Å². The van der Waals surface area contributed by atoms with Crippen LogP contribution in [0.4, 0.5) is 17.1 Å². The third-order valence-electron chi connectivity index (χ3n) is 5.99. The molecule has 2 aromatic carbocycles. The van der Waals surface area contributed by atoms with Gasteiger partial charge in [0.25, 0.3) is 5.69 Å². The van der Waals surface area contributed by atoms with Gasteiger partial charge < -0.3 is 14.9 Å². The molecule has 0 radical (unpaired) electrons. The molecule has 4 rings (SSSR count). The first-order valence-electron chi connectivity index (χ1n) is 10.2. The lowest BCUT2D eigenvalue weighted by Gasteiger charge is -2.37. The number of rotatable bonds is 5. The number of nitrogens with zero attached hydrogens (tertiary/aromatic N) is 4. The van der Waals surface area contributed by atoms with Crippen molar-refractivity contribution in [2.24, 2.45) is 0 Å². The predicted octanol–water partition coefficient (Wildman–Crippen LogP) is 2.36. The summed E-state index contributed by atoms with van der Waals surface area (Å²) in [6.07, 6.45) is 0.247. The minimum absolute atomic E-state index is 0.0490. The van der Waals surface area contributed by atoms with Crippen LogP contribution >= 0.6 is 0 Å². The molecular weight excluding hydrogens is 384 g/mol. The monoisotopic (exact) mass is 410 g/mol. The van der Waals surface area contributed by atoms with Crippen LogP contribution in [0.25, 0.3) is 0 Å². The van der Waals surface area contributed by atoms with Crippen molar-refractivity contribution in [1.29, 1.82) is 0 Å². The minimum atomic E-state index is -0.576. The van der Waals surface area contributed by atoms with Crippen LogP contribution in [0.2, 0.25) is 0 Å². The number of nitro benzene ring substituents is 1. The van der Waals surface area contributed by atoms with E-state index in [0.717, 1.165) is 55.1 Å². The summed E-state index contributed by atoms with van der Waals surface area (Å²) in [7, 11) is 0. The maximum absolute atomic E-state index is 11.7. The zero-order valence-corrected chi connectivity index (χ0v) is 17.0. The van der Waals surface area contributed by atoms with Gasteiger partial charge in [0, 0.05) is 69.7 Å². The van der Waals surface area contributed by atoms with Crippen molar-refractivity contribution in [1.82, 2.24) is 4.90 Å². The van der Waals surface area contributed by atoms with E-state index in [1.54, 1.807) is 24.0 Å². The highest BCUT2D eigenvalue weighted by atomic mass is 16.6. The molecule has 0 unspecified atom stereocenters. The summed E-state index contributed by atoms with van der Waals surface area (Å²) in [6, 6.07) is 12.5. The average Bonchev–Trinajstić information content (AvgIpc) is 3.18. The summed E-state index contributed by atoms with van der Waals surface area (Å²) in [5.41, 5.74) is 4.03. The topological polar surface area (TPSA) is 90.2 Å². The molecule has 2 aliphatic rings. The number of carbonyl (C=O) groups is 1. The summed E-state index contributed by atoms with van der Waals surface area (Å²) >= 11 is 0. The molecule has 0 spiro atoms. The Balaban J connectivity index is 1.33. The highest BCUT2D eigenvalue weighted by molar-refractivity contribution is 5.93. The first-order valence-corrected chi connectivity index (χ1v) is 10.2. The first-order chi connectivity index (χ1) is 14.4. The Labute approximate surface area is 175 Å². The van der Waals surface area contributed by atoms with Gasteiger partial charge in [-0.15, -0.1) is 0 Å². The van der Waals surface area contributed by atoms with Crippen molar-refractivity contribution in [2.75, 3.05) is 49.1 Å². The standard InChI is InChI=1S/C22H26N4O4/c1-16(27)25-9-8-17-14-18(2-7-21(17)25)22(28)15-23-10-12-24(13-11-23)19-3-5-20(6-4-19)26(29)30/h2-7,14,22,28H,8-13,15H2,1H3/t22-/m0/s1. The Bertz CT molecular complexity index is 939. The van der Waals surface area contributed by atoms with Crippen molar-refractivity contribution in [3.63, 3.8) is 0 Å². The summed E-state index contributed by atoms with van der Waals surface area (Å²) < 4.78 is 0. The predicted molar refractivity (Wildman–Crippen MR) is 115 cm³/mol. The van der Waals surface area contributed by atoms with Crippen molar-refractivity contribution in [3.8, 4) is 0 Å². The quantitative estimate of drug-likeness (QED) is 0.601. The van der Waals surface area contributed by atoms with Gasteiger partial charge in [0.2, 0.25) is 5.91 Å². The van der Waals surface area contributed by atoms with Crippen molar-refractivity contribution in [2.45, 2.75) is 19.4 Å². The molecule has 0 bridgehead atoms. The van der Waals surface area contributed by atoms with Crippen LogP contribution in [0.3, 0.4) is 0 Å². The molecule has 0 saturated carbocycles. The second-order valence-electron chi connectivity index (χ2n) is 7.89. The van der Waals surface area contributed by atoms with E-state index in [1.165, 1.54) is 12.1 Å². The van der Waals surface area contributed by atoms with Gasteiger partial charge in [-0.2, -0.15) is 0 Å². The maximum Gasteiger partial charge on any atom is 0.269 e. The number of fused-ring (bicyclic) bond motifs is 1. The van der Waals surface area contributed by atoms with Crippen LogP contribution in [0.5, 0.6) is 0 Å². The highest BCUT2D eigenvalue weighted by Crippen LogP contribution is 2.31. The Morgan fingerprint density at radius 2 is 1.80 bits per heavy atom. The molecule has 8 nitrogen and oxygen atoms in total. The molecule has 2 aliphatic heterocycles. The van der Waals surface area contributed by atoms with E-state index in [0.29, 0.717) is 13.1 Å². The number of carbonyl (C=O) groups excluding carboxylic acids is 1. The first kappa shape index (κ1) is 20.3. The van der Waals surface area contributed by atoms with Crippen LogP contribution in [-0.2, 0) is 11.2 Å². The molecule has 1 atom stereocenters. The lowest BCUT2D eigenvalue weighted by molar-refractivity contribution is -0.384. The molecule has 0 aliphatic carbocycles. The van der Waals surface area contributed by atoms with Crippen molar-refractivity contribution in [3.05, 3.63) is 63.7 Å². The van der Waals surface area contributed by atoms with Gasteiger partial charge in [0.1, 0.15) is 0 Å². The second kappa shape index (κ2) is 8.41. The van der Waals surface area contributed by atoms with Gasteiger partial charge in [0.15, 0.2) is 0 Å². The van der Waals surface area contributed by atoms with E-state index in [2.05, 4.69) is 9.80 Å². The molecule has 2 aromatic rings. The lowest BCUT2D eigenvalue weighted by Crippen LogP contribution is -2.47. The summed E-state index contributed by atoms with van der Waals surface area (Å²) in [5, 5.41) is 21.5. The fraction of sp³-hybridized carbons (Fsp3) is 0.409. The highest BCUT2D eigenvalue weighted by Gasteiger charge is 2.25. The number of hydrogen-bond acceptors (Lipinski definition) is 6. The van der Waals surface area contributed by atoms with E-state index < -0.39 is 6.10 Å². The van der Waals surface area contributed by atoms with Crippen LogP contribution in [0, 0.1) is 10.1 Å². The van der Waals surface area contributed by atoms with Gasteiger partial charge in [-0.05, 0) is 35.7 Å². The fourth-order valence-corrected chi connectivity index (χ4v) is 4.28.